The molecule has 0 N–H and O–H groups in total. The van der Waals surface area contributed by atoms with E-state index in [0.29, 0.717) is 6.61 Å². The van der Waals surface area contributed by atoms with E-state index in [0.717, 1.165) is 32.5 Å². The molecule has 21 heavy (non-hydrogen) atoms. The van der Waals surface area contributed by atoms with Gasteiger partial charge < -0.3 is 9.30 Å². The highest BCUT2D eigenvalue weighted by atomic mass is 32.2. The smallest absolute Gasteiger partial charge is 0.330 e. The Bertz CT molecular complexity index is 743. The number of rotatable bonds is 4. The Morgan fingerprint density at radius 2 is 2.05 bits per heavy atom. The third-order valence-corrected chi connectivity index (χ3v) is 5.39. The highest BCUT2D eigenvalue weighted by molar-refractivity contribution is 7.89. The summed E-state index contributed by atoms with van der Waals surface area (Å²) in [4.78, 5) is 23.2. The van der Waals surface area contributed by atoms with E-state index in [1.807, 2.05) is 0 Å². The van der Waals surface area contributed by atoms with Gasteiger partial charge in [-0.25, -0.2) is 13.2 Å². The molecule has 0 saturated carbocycles. The van der Waals surface area contributed by atoms with E-state index < -0.39 is 26.2 Å². The summed E-state index contributed by atoms with van der Waals surface area (Å²) in [5.74, 6) is 0. The van der Waals surface area contributed by atoms with E-state index in [4.69, 9.17) is 4.74 Å². The molecule has 1 aromatic heterocycles. The maximum atomic E-state index is 12.5. The minimum absolute atomic E-state index is 0.152. The molecule has 1 unspecified atom stereocenters. The van der Waals surface area contributed by atoms with Gasteiger partial charge in [-0.2, -0.15) is 4.31 Å². The fourth-order valence-electron chi connectivity index (χ4n) is 2.29. The van der Waals surface area contributed by atoms with E-state index >= 15 is 0 Å². The molecular weight excluding hydrogens is 298 g/mol. The van der Waals surface area contributed by atoms with E-state index in [9.17, 15) is 18.0 Å². The average molecular weight is 317 g/mol. The van der Waals surface area contributed by atoms with Gasteiger partial charge in [0.1, 0.15) is 0 Å². The maximum Gasteiger partial charge on any atom is 0.330 e. The molecule has 0 aromatic carbocycles. The first kappa shape index (κ1) is 15.9. The van der Waals surface area contributed by atoms with Crippen molar-refractivity contribution in [2.75, 3.05) is 20.2 Å². The zero-order valence-electron chi connectivity index (χ0n) is 12.3. The summed E-state index contributed by atoms with van der Waals surface area (Å²) in [7, 11) is 0.103. The Balaban J connectivity index is 2.39. The molecule has 118 valence electrons. The number of hydrogen-bond acceptors (Lipinski definition) is 5. The Morgan fingerprint density at radius 3 is 2.62 bits per heavy atom. The molecule has 1 fully saturated rings. The number of ether oxygens (including phenoxy) is 1. The number of sulfonamides is 1. The first-order valence-corrected chi connectivity index (χ1v) is 8.03. The lowest BCUT2D eigenvalue weighted by Gasteiger charge is -2.20. The van der Waals surface area contributed by atoms with Gasteiger partial charge in [0.05, 0.1) is 6.10 Å². The standard InChI is InChI=1S/C12H19N3O5S/c1-13-8-10(11(16)15(3)12(13)17)21(18,19)14(2)7-9-5-4-6-20-9/h8-9H,4-7H2,1-3H3. The molecule has 8 nitrogen and oxygen atoms in total. The normalized spacial score (nSPS) is 19.3. The van der Waals surface area contributed by atoms with Crippen LogP contribution in [0.4, 0.5) is 0 Å². The van der Waals surface area contributed by atoms with Gasteiger partial charge in [0.15, 0.2) is 4.90 Å². The number of likely N-dealkylation sites (N-methyl/N-ethyl adjacent to an activating group) is 1. The van der Waals surface area contributed by atoms with Gasteiger partial charge in [-0.05, 0) is 12.8 Å². The van der Waals surface area contributed by atoms with E-state index in [1.165, 1.54) is 21.1 Å². The first-order chi connectivity index (χ1) is 9.75. The summed E-state index contributed by atoms with van der Waals surface area (Å²) in [5, 5.41) is 0. The van der Waals surface area contributed by atoms with Crippen LogP contribution in [0, 0.1) is 0 Å². The number of nitrogens with zero attached hydrogens (tertiary/aromatic N) is 3. The summed E-state index contributed by atoms with van der Waals surface area (Å²) < 4.78 is 33.4. The van der Waals surface area contributed by atoms with Crippen LogP contribution in [0.1, 0.15) is 12.8 Å². The molecule has 1 aliphatic heterocycles. The second-order valence-corrected chi connectivity index (χ2v) is 7.18. The van der Waals surface area contributed by atoms with E-state index in [2.05, 4.69) is 0 Å². The van der Waals surface area contributed by atoms with E-state index in [1.54, 1.807) is 0 Å². The number of aryl methyl sites for hydroxylation is 1. The fourth-order valence-corrected chi connectivity index (χ4v) is 3.64. The maximum absolute atomic E-state index is 12.5. The molecule has 1 aliphatic rings. The van der Waals surface area contributed by atoms with Crippen molar-refractivity contribution in [3.05, 3.63) is 27.0 Å². The van der Waals surface area contributed by atoms with Crippen LogP contribution >= 0.6 is 0 Å². The van der Waals surface area contributed by atoms with Crippen LogP contribution in [0.5, 0.6) is 0 Å². The minimum atomic E-state index is -3.96. The predicted molar refractivity (Wildman–Crippen MR) is 75.7 cm³/mol. The highest BCUT2D eigenvalue weighted by Crippen LogP contribution is 2.16. The lowest BCUT2D eigenvalue weighted by Crippen LogP contribution is -2.43. The Kier molecular flexibility index (Phi) is 4.35. The van der Waals surface area contributed by atoms with Crippen molar-refractivity contribution in [1.82, 2.24) is 13.4 Å². The number of hydrogen-bond donors (Lipinski definition) is 0. The van der Waals surface area contributed by atoms with Gasteiger partial charge in [-0.1, -0.05) is 0 Å². The van der Waals surface area contributed by atoms with Crippen LogP contribution in [0.3, 0.4) is 0 Å². The fraction of sp³-hybridized carbons (Fsp3) is 0.667. The summed E-state index contributed by atoms with van der Waals surface area (Å²) in [5.41, 5.74) is -1.39. The van der Waals surface area contributed by atoms with Crippen molar-refractivity contribution in [3.63, 3.8) is 0 Å². The molecule has 1 aromatic rings. The lowest BCUT2D eigenvalue weighted by molar-refractivity contribution is 0.0978. The quantitative estimate of drug-likeness (QED) is 0.702. The third-order valence-electron chi connectivity index (χ3n) is 3.59. The summed E-state index contributed by atoms with van der Waals surface area (Å²) in [6.45, 7) is 0.814. The average Bonchev–Trinajstić information content (AvgIpc) is 2.93. The summed E-state index contributed by atoms with van der Waals surface area (Å²) >= 11 is 0. The predicted octanol–water partition coefficient (Wildman–Crippen LogP) is -1.12. The second-order valence-electron chi connectivity index (χ2n) is 5.17. The highest BCUT2D eigenvalue weighted by Gasteiger charge is 2.29. The van der Waals surface area contributed by atoms with E-state index in [-0.39, 0.29) is 12.6 Å². The molecule has 1 atom stereocenters. The van der Waals surface area contributed by atoms with Crippen LogP contribution in [0.2, 0.25) is 0 Å². The topological polar surface area (TPSA) is 90.6 Å². The van der Waals surface area contributed by atoms with Crippen LogP contribution in [-0.2, 0) is 28.9 Å². The van der Waals surface area contributed by atoms with Crippen molar-refractivity contribution in [1.29, 1.82) is 0 Å². The monoisotopic (exact) mass is 317 g/mol. The third kappa shape index (κ3) is 2.94. The molecule has 2 heterocycles. The van der Waals surface area contributed by atoms with Crippen molar-refractivity contribution in [2.24, 2.45) is 14.1 Å². The van der Waals surface area contributed by atoms with Gasteiger partial charge in [-0.3, -0.25) is 9.36 Å². The van der Waals surface area contributed by atoms with Crippen LogP contribution in [0.15, 0.2) is 20.7 Å². The van der Waals surface area contributed by atoms with Gasteiger partial charge in [0.2, 0.25) is 10.0 Å². The van der Waals surface area contributed by atoms with Gasteiger partial charge >= 0.3 is 5.69 Å². The Labute approximate surface area is 122 Å². The Hall–Kier alpha value is -1.45. The van der Waals surface area contributed by atoms with Gasteiger partial charge in [0.25, 0.3) is 5.56 Å². The Morgan fingerprint density at radius 1 is 1.38 bits per heavy atom. The number of aromatic nitrogens is 2. The molecule has 2 rings (SSSR count). The largest absolute Gasteiger partial charge is 0.377 e. The molecule has 0 radical (unpaired) electrons. The zero-order chi connectivity index (χ0) is 15.8. The van der Waals surface area contributed by atoms with Crippen molar-refractivity contribution < 1.29 is 13.2 Å². The second kappa shape index (κ2) is 5.74. The summed E-state index contributed by atoms with van der Waals surface area (Å²) in [6.07, 6.45) is 2.61. The molecule has 0 spiro atoms. The van der Waals surface area contributed by atoms with Crippen LogP contribution < -0.4 is 11.2 Å². The molecule has 0 aliphatic carbocycles. The summed E-state index contributed by atoms with van der Waals surface area (Å²) in [6, 6.07) is 0. The molecule has 1 saturated heterocycles. The first-order valence-electron chi connectivity index (χ1n) is 6.59. The molecule has 0 amide bonds. The molecular formula is C12H19N3O5S. The molecule has 0 bridgehead atoms. The minimum Gasteiger partial charge on any atom is -0.377 e. The van der Waals surface area contributed by atoms with Crippen LogP contribution in [0.25, 0.3) is 0 Å². The van der Waals surface area contributed by atoms with Gasteiger partial charge in [-0.15, -0.1) is 0 Å². The SMILES string of the molecule is CN(CC1CCCO1)S(=O)(=O)c1cn(C)c(=O)n(C)c1=O. The lowest BCUT2D eigenvalue weighted by atomic mass is 10.2. The van der Waals surface area contributed by atoms with Gasteiger partial charge in [0, 0.05) is 40.5 Å². The van der Waals surface area contributed by atoms with Crippen LogP contribution in [-0.4, -0.2) is 48.2 Å². The van der Waals surface area contributed by atoms with Crippen molar-refractivity contribution >= 4 is 10.0 Å². The zero-order valence-corrected chi connectivity index (χ0v) is 13.1. The molecule has 9 heteroatoms. The van der Waals surface area contributed by atoms with Crippen molar-refractivity contribution in [3.8, 4) is 0 Å². The van der Waals surface area contributed by atoms with Crippen molar-refractivity contribution in [2.45, 2.75) is 23.8 Å².